The first-order valence-electron chi connectivity index (χ1n) is 1.21. The number of hydrogen-bond acceptors (Lipinski definition) is 2. The molecule has 0 atom stereocenters. The maximum absolute atomic E-state index is 3.30. The number of nitrogens with one attached hydrogen (secondary N) is 2. The van der Waals surface area contributed by atoms with Crippen LogP contribution in [0, 0.1) is 0 Å². The third-order valence-electron chi connectivity index (χ3n) is 0.125. The summed E-state index contributed by atoms with van der Waals surface area (Å²) in [5, 5.41) is 6.59. The first-order valence-corrected chi connectivity index (χ1v) is 1.21. The highest BCUT2D eigenvalue weighted by Gasteiger charge is 1.63. The second-order valence-electron chi connectivity index (χ2n) is 0.500. The van der Waals surface area contributed by atoms with Gasteiger partial charge in [-0.3, -0.25) is 0 Å². The molecule has 2 nitrogen and oxygen atoms in total. The summed E-state index contributed by atoms with van der Waals surface area (Å²) in [6, 6.07) is 0. The van der Waals surface area contributed by atoms with E-state index >= 15 is 0 Å². The van der Waals surface area contributed by atoms with Gasteiger partial charge in [-0.15, -0.1) is 0 Å². The maximum Gasteiger partial charge on any atom is 0.0112 e. The molecule has 0 saturated heterocycles. The van der Waals surface area contributed by atoms with Crippen LogP contribution in [0.5, 0.6) is 0 Å². The summed E-state index contributed by atoms with van der Waals surface area (Å²) in [5.41, 5.74) is 0. The molecule has 0 rings (SSSR count). The Labute approximate surface area is 40.6 Å². The molecule has 38 valence electrons. The molecule has 2 N–H and O–H groups in total. The molecule has 6 heavy (non-hydrogen) atoms. The predicted octanol–water partition coefficient (Wildman–Crippen LogP) is -3.27. The fraction of sp³-hybridized carbons (Fsp3) is 1.00. The lowest BCUT2D eigenvalue weighted by Crippen LogP contribution is -2.23. The van der Waals surface area contributed by atoms with Gasteiger partial charge in [0, 0.05) is 16.0 Å². The van der Waals surface area contributed by atoms with Crippen LogP contribution in [0.1, 0.15) is 0 Å². The normalized spacial score (nSPS) is 9.00. The van der Waals surface area contributed by atoms with Crippen LogP contribution in [0.4, 0.5) is 0 Å². The van der Waals surface area contributed by atoms with Gasteiger partial charge in [-0.2, -0.15) is 0 Å². The van der Waals surface area contributed by atoms with E-state index in [1.165, 1.54) is 13.1 Å². The van der Waals surface area contributed by atoms with Crippen molar-refractivity contribution < 1.29 is 0 Å². The van der Waals surface area contributed by atoms with Crippen molar-refractivity contribution in [1.29, 1.82) is 0 Å². The Morgan fingerprint density at radius 1 is 1.00 bits per heavy atom. The Kier molecular flexibility index (Phi) is 5.09. The van der Waals surface area contributed by atoms with Gasteiger partial charge >= 0.3 is 0 Å². The zero-order valence-electron chi connectivity index (χ0n) is 2.41. The van der Waals surface area contributed by atoms with Gasteiger partial charge in [0.05, 0.1) is 0 Å². The van der Waals surface area contributed by atoms with E-state index in [0.29, 0.717) is 16.0 Å². The minimum Gasteiger partial charge on any atom is -0.496 e. The molecule has 0 fully saturated rings. The minimum atomic E-state index is 0.478. The van der Waals surface area contributed by atoms with Gasteiger partial charge < -0.3 is 10.5 Å². The summed E-state index contributed by atoms with van der Waals surface area (Å²) >= 11 is 0. The van der Waals surface area contributed by atoms with Gasteiger partial charge in [0.25, 0.3) is 0 Å². The van der Waals surface area contributed by atoms with Crippen molar-refractivity contribution in [2.75, 3.05) is 13.1 Å². The van der Waals surface area contributed by atoms with Crippen molar-refractivity contribution in [1.82, 2.24) is 10.5 Å². The molecule has 4 heteroatoms. The van der Waals surface area contributed by atoms with E-state index in [-0.39, 0.29) is 0 Å². The highest BCUT2D eigenvalue weighted by Crippen LogP contribution is 1.43. The summed E-state index contributed by atoms with van der Waals surface area (Å²) in [7, 11) is 0.956. The van der Waals surface area contributed by atoms with Gasteiger partial charge in [-0.1, -0.05) is 0 Å². The number of rotatable bonds is 3. The van der Waals surface area contributed by atoms with Crippen molar-refractivity contribution in [2.45, 2.75) is 0 Å². The van der Waals surface area contributed by atoms with E-state index in [1.54, 1.807) is 0 Å². The first-order chi connectivity index (χ1) is 2.91. The van der Waals surface area contributed by atoms with Gasteiger partial charge in [-0.05, 0) is 13.1 Å². The van der Waals surface area contributed by atoms with E-state index < -0.39 is 0 Å². The van der Waals surface area contributed by atoms with Gasteiger partial charge in [-0.25, -0.2) is 0 Å². The Balaban J connectivity index is 2.34. The average Bonchev–Trinajstić information content (AvgIpc) is 1.61. The van der Waals surface area contributed by atoms with Crippen molar-refractivity contribution in [2.24, 2.45) is 0 Å². The molecule has 0 aliphatic rings. The molecule has 0 aromatic rings. The van der Waals surface area contributed by atoms with E-state index in [0.717, 1.165) is 0 Å². The molecule has 0 aliphatic carbocycles. The van der Waals surface area contributed by atoms with E-state index in [4.69, 9.17) is 0 Å². The molecule has 0 aromatic heterocycles. The number of hydrogen-bond donors (Lipinski definition) is 2. The molecule has 0 aromatic carbocycles. The van der Waals surface area contributed by atoms with Crippen LogP contribution in [0.2, 0.25) is 0 Å². The second-order valence-corrected chi connectivity index (χ2v) is 0.500. The zero-order chi connectivity index (χ0) is 4.83. The molecular weight excluding hydrogens is 73.7 g/mol. The monoisotopic (exact) mass is 86.1 g/mol. The predicted molar refractivity (Wildman–Crippen MR) is 35.9 cm³/mol. The Bertz CT molecular complexity index is 21.5. The Hall–Kier alpha value is 0.0499. The van der Waals surface area contributed by atoms with Crippen LogP contribution < -0.4 is 10.5 Å². The van der Waals surface area contributed by atoms with Crippen LogP contribution in [0.25, 0.3) is 0 Å². The molecule has 0 heterocycles. The largest absolute Gasteiger partial charge is 0.496 e. The zero-order valence-corrected chi connectivity index (χ0v) is 2.41. The SMILES string of the molecule is [BH3-]NCCN[BH3-]. The van der Waals surface area contributed by atoms with Gasteiger partial charge in [0.15, 0.2) is 0 Å². The summed E-state index contributed by atoms with van der Waals surface area (Å²) in [6.07, 6.45) is 0. The molecule has 0 saturated carbocycles. The third-order valence-corrected chi connectivity index (χ3v) is 0.125. The smallest absolute Gasteiger partial charge is 0.0112 e. The summed E-state index contributed by atoms with van der Waals surface area (Å²) < 4.78 is 0. The highest BCUT2D eigenvalue weighted by molar-refractivity contribution is 6.05. The molecule has 0 radical (unpaired) electrons. The van der Waals surface area contributed by atoms with Crippen LogP contribution in [0.3, 0.4) is 0 Å². The molecule has 0 spiro atoms. The van der Waals surface area contributed by atoms with Crippen LogP contribution >= 0.6 is 0 Å². The highest BCUT2D eigenvalue weighted by atomic mass is 14.8. The van der Waals surface area contributed by atoms with E-state index in [1.807, 2.05) is 0 Å². The topological polar surface area (TPSA) is 24.1 Å². The van der Waals surface area contributed by atoms with Crippen molar-refractivity contribution in [3.05, 3.63) is 0 Å². The minimum absolute atomic E-state index is 0.478. The average molecular weight is 85.8 g/mol. The van der Waals surface area contributed by atoms with E-state index in [9.17, 15) is 0 Å². The molecule has 0 aliphatic heterocycles. The Morgan fingerprint density at radius 2 is 1.33 bits per heavy atom. The Morgan fingerprint density at radius 3 is 1.50 bits per heavy atom. The molecule has 0 bridgehead atoms. The van der Waals surface area contributed by atoms with Gasteiger partial charge in [0.1, 0.15) is 0 Å². The molecular formula is C2H12B2N2-2. The fourth-order valence-electron chi connectivity index (χ4n) is 0. The van der Waals surface area contributed by atoms with Crippen molar-refractivity contribution >= 4 is 16.0 Å². The van der Waals surface area contributed by atoms with Crippen LogP contribution in [-0.4, -0.2) is 29.1 Å². The standard InChI is InChI=1S/C2H12B2N2/c3-5-1-2-6-4/h5-6H,1-2H2,3-4H3/q-2. The van der Waals surface area contributed by atoms with Crippen molar-refractivity contribution in [3.63, 3.8) is 0 Å². The van der Waals surface area contributed by atoms with Gasteiger partial charge in [0.2, 0.25) is 0 Å². The second kappa shape index (κ2) is 5.05. The maximum atomic E-state index is 3.30. The third kappa shape index (κ3) is 4.05. The van der Waals surface area contributed by atoms with Crippen molar-refractivity contribution in [3.8, 4) is 0 Å². The lowest BCUT2D eigenvalue weighted by Gasteiger charge is -2.01. The summed E-state index contributed by atoms with van der Waals surface area (Å²) in [5.74, 6) is 0. The molecule has 0 unspecified atom stereocenters. The first kappa shape index (κ1) is 6.05. The molecule has 0 amide bonds. The fourth-order valence-corrected chi connectivity index (χ4v) is 0. The van der Waals surface area contributed by atoms with E-state index in [2.05, 4.69) is 10.5 Å². The lowest BCUT2D eigenvalue weighted by atomic mass is 10.3. The lowest BCUT2D eigenvalue weighted by molar-refractivity contribution is 0.856. The van der Waals surface area contributed by atoms with Crippen LogP contribution in [-0.2, 0) is 0 Å². The summed E-state index contributed by atoms with van der Waals surface area (Å²) in [4.78, 5) is 0. The summed E-state index contributed by atoms with van der Waals surface area (Å²) in [6.45, 7) is 2.45. The van der Waals surface area contributed by atoms with Crippen LogP contribution in [0.15, 0.2) is 0 Å². The quantitative estimate of drug-likeness (QED) is 0.278.